The number of carboxylic acid groups (broad SMARTS) is 1. The monoisotopic (exact) mass is 454 g/mol. The molecule has 2 aromatic rings. The number of carboxylic acids is 1. The van der Waals surface area contributed by atoms with Gasteiger partial charge in [0, 0.05) is 39.0 Å². The Morgan fingerprint density at radius 1 is 1.00 bits per heavy atom. The van der Waals surface area contributed by atoms with Crippen molar-refractivity contribution in [3.63, 3.8) is 0 Å². The highest BCUT2D eigenvalue weighted by Crippen LogP contribution is 2.44. The van der Waals surface area contributed by atoms with Crippen LogP contribution in [0.4, 0.5) is 4.79 Å². The summed E-state index contributed by atoms with van der Waals surface area (Å²) in [6.07, 6.45) is 0.694. The fraction of sp³-hybridized carbons (Fsp3) is 0.400. The van der Waals surface area contributed by atoms with Gasteiger partial charge in [-0.25, -0.2) is 4.79 Å². The molecule has 176 valence electrons. The second-order valence-corrected chi connectivity index (χ2v) is 7.95. The number of carbonyl (C=O) groups excluding carboxylic acids is 2. The standard InChI is InChI=1S/C25H30N2O6/c1-32-15-13-22(24(30)26-14-7-6-12-23(28)29)27-25(31)33-16-21-19-10-4-2-8-17(19)18-9-3-5-11-20(18)21/h2-5,8-11,21-22H,6-7,12-16H2,1H3,(H,26,30)(H,27,31)(H,28,29). The number of unbranched alkanes of at least 4 members (excludes halogenated alkanes) is 1. The fourth-order valence-electron chi connectivity index (χ4n) is 4.02. The minimum atomic E-state index is -0.865. The summed E-state index contributed by atoms with van der Waals surface area (Å²) in [6, 6.07) is 15.3. The summed E-state index contributed by atoms with van der Waals surface area (Å²) in [7, 11) is 1.52. The molecule has 33 heavy (non-hydrogen) atoms. The van der Waals surface area contributed by atoms with Crippen molar-refractivity contribution in [2.24, 2.45) is 0 Å². The second-order valence-electron chi connectivity index (χ2n) is 7.95. The van der Waals surface area contributed by atoms with E-state index in [1.165, 1.54) is 7.11 Å². The first-order valence-electron chi connectivity index (χ1n) is 11.1. The van der Waals surface area contributed by atoms with E-state index in [1.54, 1.807) is 0 Å². The summed E-state index contributed by atoms with van der Waals surface area (Å²) >= 11 is 0. The topological polar surface area (TPSA) is 114 Å². The van der Waals surface area contributed by atoms with Gasteiger partial charge in [-0.1, -0.05) is 48.5 Å². The quantitative estimate of drug-likeness (QED) is 0.424. The Labute approximate surface area is 193 Å². The lowest BCUT2D eigenvalue weighted by Crippen LogP contribution is -2.47. The summed E-state index contributed by atoms with van der Waals surface area (Å²) < 4.78 is 10.6. The van der Waals surface area contributed by atoms with Crippen molar-refractivity contribution in [1.82, 2.24) is 10.6 Å². The maximum Gasteiger partial charge on any atom is 0.407 e. The average molecular weight is 455 g/mol. The van der Waals surface area contributed by atoms with Crippen molar-refractivity contribution in [3.05, 3.63) is 59.7 Å². The van der Waals surface area contributed by atoms with Gasteiger partial charge in [-0.3, -0.25) is 9.59 Å². The molecule has 3 rings (SSSR count). The van der Waals surface area contributed by atoms with Crippen LogP contribution in [0.1, 0.15) is 42.7 Å². The van der Waals surface area contributed by atoms with E-state index in [0.717, 1.165) is 22.3 Å². The van der Waals surface area contributed by atoms with E-state index in [2.05, 4.69) is 22.8 Å². The minimum absolute atomic E-state index is 0.0565. The molecule has 0 aliphatic heterocycles. The van der Waals surface area contributed by atoms with Gasteiger partial charge in [-0.2, -0.15) is 0 Å². The van der Waals surface area contributed by atoms with Gasteiger partial charge in [0.1, 0.15) is 12.6 Å². The molecule has 0 heterocycles. The lowest BCUT2D eigenvalue weighted by Gasteiger charge is -2.19. The summed E-state index contributed by atoms with van der Waals surface area (Å²) in [5.41, 5.74) is 4.51. The number of ether oxygens (including phenoxy) is 2. The fourth-order valence-corrected chi connectivity index (χ4v) is 4.02. The lowest BCUT2D eigenvalue weighted by molar-refractivity contribution is -0.137. The number of carbonyl (C=O) groups is 3. The van der Waals surface area contributed by atoms with Crippen LogP contribution in [0.25, 0.3) is 11.1 Å². The van der Waals surface area contributed by atoms with Gasteiger partial charge in [0.05, 0.1) is 0 Å². The van der Waals surface area contributed by atoms with E-state index in [1.807, 2.05) is 36.4 Å². The number of amides is 2. The molecule has 8 heteroatoms. The molecular formula is C25H30N2O6. The minimum Gasteiger partial charge on any atom is -0.481 e. The van der Waals surface area contributed by atoms with Crippen molar-refractivity contribution in [3.8, 4) is 11.1 Å². The number of alkyl carbamates (subject to hydrolysis) is 1. The van der Waals surface area contributed by atoms with Crippen LogP contribution in [0.2, 0.25) is 0 Å². The van der Waals surface area contributed by atoms with Crippen LogP contribution in [0.15, 0.2) is 48.5 Å². The lowest BCUT2D eigenvalue weighted by atomic mass is 9.98. The Morgan fingerprint density at radius 2 is 1.64 bits per heavy atom. The number of rotatable bonds is 12. The molecule has 2 aromatic carbocycles. The number of benzene rings is 2. The molecule has 1 atom stereocenters. The molecule has 0 fully saturated rings. The highest BCUT2D eigenvalue weighted by molar-refractivity contribution is 5.85. The van der Waals surface area contributed by atoms with Crippen molar-refractivity contribution in [1.29, 1.82) is 0 Å². The number of nitrogens with one attached hydrogen (secondary N) is 2. The van der Waals surface area contributed by atoms with Crippen LogP contribution in [-0.2, 0) is 19.1 Å². The molecule has 0 aromatic heterocycles. The molecule has 8 nitrogen and oxygen atoms in total. The number of aliphatic carboxylic acids is 1. The third-order valence-corrected chi connectivity index (χ3v) is 5.68. The molecular weight excluding hydrogens is 424 g/mol. The van der Waals surface area contributed by atoms with Gasteiger partial charge in [0.25, 0.3) is 0 Å². The van der Waals surface area contributed by atoms with Crippen LogP contribution in [-0.4, -0.2) is 56.0 Å². The largest absolute Gasteiger partial charge is 0.481 e. The summed E-state index contributed by atoms with van der Waals surface area (Å²) in [6.45, 7) is 0.788. The van der Waals surface area contributed by atoms with Crippen molar-refractivity contribution in [2.45, 2.75) is 37.6 Å². The zero-order chi connectivity index (χ0) is 23.6. The van der Waals surface area contributed by atoms with Gasteiger partial charge >= 0.3 is 12.1 Å². The third-order valence-electron chi connectivity index (χ3n) is 5.68. The van der Waals surface area contributed by atoms with E-state index in [0.29, 0.717) is 32.4 Å². The average Bonchev–Trinajstić information content (AvgIpc) is 3.13. The molecule has 2 amide bonds. The van der Waals surface area contributed by atoms with E-state index >= 15 is 0 Å². The maximum atomic E-state index is 12.5. The van der Waals surface area contributed by atoms with Crippen LogP contribution >= 0.6 is 0 Å². The van der Waals surface area contributed by atoms with Gasteiger partial charge < -0.3 is 25.2 Å². The summed E-state index contributed by atoms with van der Waals surface area (Å²) in [4.78, 5) is 35.6. The van der Waals surface area contributed by atoms with Crippen LogP contribution in [0, 0.1) is 0 Å². The molecule has 0 saturated heterocycles. The molecule has 1 aliphatic carbocycles. The first kappa shape index (κ1) is 24.3. The number of hydrogen-bond acceptors (Lipinski definition) is 5. The SMILES string of the molecule is COCCC(NC(=O)OCC1c2ccccc2-c2ccccc21)C(=O)NCCCCC(=O)O. The summed E-state index contributed by atoms with van der Waals surface area (Å²) in [5, 5.41) is 14.1. The predicted molar refractivity (Wildman–Crippen MR) is 123 cm³/mol. The van der Waals surface area contributed by atoms with E-state index in [9.17, 15) is 14.4 Å². The Balaban J connectivity index is 1.55. The van der Waals surface area contributed by atoms with Crippen LogP contribution in [0.3, 0.4) is 0 Å². The van der Waals surface area contributed by atoms with Crippen molar-refractivity contribution < 1.29 is 29.0 Å². The van der Waals surface area contributed by atoms with Crippen molar-refractivity contribution >= 4 is 18.0 Å². The highest BCUT2D eigenvalue weighted by Gasteiger charge is 2.29. The van der Waals surface area contributed by atoms with Crippen LogP contribution < -0.4 is 10.6 Å². The molecule has 1 unspecified atom stereocenters. The molecule has 0 saturated carbocycles. The molecule has 0 radical (unpaired) electrons. The predicted octanol–water partition coefficient (Wildman–Crippen LogP) is 3.30. The number of methoxy groups -OCH3 is 1. The molecule has 3 N–H and O–H groups in total. The normalized spacial score (nSPS) is 13.0. The van der Waals surface area contributed by atoms with E-state index in [4.69, 9.17) is 14.6 Å². The van der Waals surface area contributed by atoms with E-state index in [-0.39, 0.29) is 24.9 Å². The van der Waals surface area contributed by atoms with Crippen LogP contribution in [0.5, 0.6) is 0 Å². The first-order chi connectivity index (χ1) is 16.0. The second kappa shape index (κ2) is 12.0. The Morgan fingerprint density at radius 3 is 2.24 bits per heavy atom. The zero-order valence-electron chi connectivity index (χ0n) is 18.7. The van der Waals surface area contributed by atoms with Gasteiger partial charge in [-0.05, 0) is 35.1 Å². The summed E-state index contributed by atoms with van der Waals surface area (Å²) in [5.74, 6) is -1.28. The first-order valence-corrected chi connectivity index (χ1v) is 11.1. The van der Waals surface area contributed by atoms with Gasteiger partial charge in [0.2, 0.25) is 5.91 Å². The number of hydrogen-bond donors (Lipinski definition) is 3. The molecule has 1 aliphatic rings. The zero-order valence-corrected chi connectivity index (χ0v) is 18.7. The van der Waals surface area contributed by atoms with E-state index < -0.39 is 18.1 Å². The maximum absolute atomic E-state index is 12.5. The van der Waals surface area contributed by atoms with Gasteiger partial charge in [0.15, 0.2) is 0 Å². The Hall–Kier alpha value is -3.39. The number of fused-ring (bicyclic) bond motifs is 3. The molecule has 0 bridgehead atoms. The van der Waals surface area contributed by atoms with Gasteiger partial charge in [-0.15, -0.1) is 0 Å². The smallest absolute Gasteiger partial charge is 0.407 e. The third kappa shape index (κ3) is 6.55. The molecule has 0 spiro atoms. The Kier molecular flexibility index (Phi) is 8.83. The van der Waals surface area contributed by atoms with Crippen molar-refractivity contribution in [2.75, 3.05) is 26.9 Å². The Bertz CT molecular complexity index is 931. The highest BCUT2D eigenvalue weighted by atomic mass is 16.5.